The zero-order valence-corrected chi connectivity index (χ0v) is 10.9. The lowest BCUT2D eigenvalue weighted by atomic mass is 10.2. The van der Waals surface area contributed by atoms with Gasteiger partial charge in [-0.05, 0) is 42.8 Å². The molecule has 6 heteroatoms. The predicted octanol–water partition coefficient (Wildman–Crippen LogP) is 2.15. The number of hydrogen-bond donors (Lipinski definition) is 2. The Kier molecular flexibility index (Phi) is 4.39. The van der Waals surface area contributed by atoms with Crippen LogP contribution in [0.25, 0.3) is 0 Å². The monoisotopic (exact) mass is 274 g/mol. The number of nitrogens with one attached hydrogen (secondary N) is 1. The minimum Gasteiger partial charge on any atom is -0.504 e. The van der Waals surface area contributed by atoms with E-state index in [1.54, 1.807) is 24.3 Å². The third-order valence-corrected chi connectivity index (χ3v) is 2.41. The Labute approximate surface area is 115 Å². The molecule has 0 saturated carbocycles. The van der Waals surface area contributed by atoms with Crippen LogP contribution in [0.15, 0.2) is 46.1 Å². The second-order valence-corrected chi connectivity index (χ2v) is 3.84. The molecule has 0 aliphatic heterocycles. The molecule has 2 N–H and O–H groups in total. The first kappa shape index (κ1) is 13.7. The van der Waals surface area contributed by atoms with E-state index in [0.717, 1.165) is 0 Å². The van der Waals surface area contributed by atoms with E-state index < -0.39 is 5.91 Å². The fourth-order valence-corrected chi connectivity index (χ4v) is 1.51. The van der Waals surface area contributed by atoms with E-state index in [2.05, 4.69) is 10.5 Å². The van der Waals surface area contributed by atoms with Crippen LogP contribution in [-0.2, 0) is 0 Å². The van der Waals surface area contributed by atoms with Gasteiger partial charge >= 0.3 is 5.91 Å². The number of carbonyl (C=O) groups excluding carboxylic acids is 1. The molecule has 1 amide bonds. The van der Waals surface area contributed by atoms with E-state index in [1.165, 1.54) is 18.5 Å². The Morgan fingerprint density at radius 1 is 1.50 bits per heavy atom. The maximum absolute atomic E-state index is 11.5. The standard InChI is InChI=1S/C14H14N2O4/c1-2-19-13-8-10(5-6-11(13)17)9-15-16-14(18)12-4-3-7-20-12/h3-9,17H,2H2,1H3,(H,16,18)/b15-9-. The van der Waals surface area contributed by atoms with Gasteiger partial charge in [0, 0.05) is 0 Å². The summed E-state index contributed by atoms with van der Waals surface area (Å²) in [4.78, 5) is 11.5. The lowest BCUT2D eigenvalue weighted by Gasteiger charge is -2.05. The summed E-state index contributed by atoms with van der Waals surface area (Å²) in [7, 11) is 0. The molecule has 0 radical (unpaired) electrons. The molecule has 2 aromatic rings. The number of aromatic hydroxyl groups is 1. The summed E-state index contributed by atoms with van der Waals surface area (Å²) in [5, 5.41) is 13.4. The van der Waals surface area contributed by atoms with Crippen molar-refractivity contribution in [2.24, 2.45) is 5.10 Å². The summed E-state index contributed by atoms with van der Waals surface area (Å²) in [5.41, 5.74) is 3.02. The van der Waals surface area contributed by atoms with Gasteiger partial charge in [0.2, 0.25) is 0 Å². The quantitative estimate of drug-likeness (QED) is 0.646. The lowest BCUT2D eigenvalue weighted by Crippen LogP contribution is -2.16. The highest BCUT2D eigenvalue weighted by molar-refractivity contribution is 5.92. The zero-order chi connectivity index (χ0) is 14.4. The van der Waals surface area contributed by atoms with Gasteiger partial charge < -0.3 is 14.3 Å². The third-order valence-electron chi connectivity index (χ3n) is 2.41. The van der Waals surface area contributed by atoms with Crippen molar-refractivity contribution in [1.29, 1.82) is 0 Å². The molecule has 0 atom stereocenters. The first-order valence-corrected chi connectivity index (χ1v) is 6.03. The number of benzene rings is 1. The van der Waals surface area contributed by atoms with E-state index in [9.17, 15) is 9.90 Å². The molecular weight excluding hydrogens is 260 g/mol. The van der Waals surface area contributed by atoms with Gasteiger partial charge in [-0.2, -0.15) is 5.10 Å². The van der Waals surface area contributed by atoms with Crippen molar-refractivity contribution in [3.63, 3.8) is 0 Å². The van der Waals surface area contributed by atoms with Gasteiger partial charge in [-0.15, -0.1) is 0 Å². The number of hydrogen-bond acceptors (Lipinski definition) is 5. The fraction of sp³-hybridized carbons (Fsp3) is 0.143. The van der Waals surface area contributed by atoms with E-state index in [-0.39, 0.29) is 11.5 Å². The highest BCUT2D eigenvalue weighted by Gasteiger charge is 2.06. The number of nitrogens with zero attached hydrogens (tertiary/aromatic N) is 1. The average Bonchev–Trinajstić information content (AvgIpc) is 2.96. The highest BCUT2D eigenvalue weighted by atomic mass is 16.5. The van der Waals surface area contributed by atoms with Crippen LogP contribution in [-0.4, -0.2) is 23.8 Å². The van der Waals surface area contributed by atoms with Crippen molar-refractivity contribution < 1.29 is 19.1 Å². The average molecular weight is 274 g/mol. The van der Waals surface area contributed by atoms with Gasteiger partial charge in [-0.1, -0.05) is 0 Å². The van der Waals surface area contributed by atoms with Gasteiger partial charge in [0.05, 0.1) is 19.1 Å². The number of ether oxygens (including phenoxy) is 1. The number of amides is 1. The van der Waals surface area contributed by atoms with Gasteiger partial charge in [0.1, 0.15) is 0 Å². The van der Waals surface area contributed by atoms with E-state index >= 15 is 0 Å². The molecule has 0 unspecified atom stereocenters. The topological polar surface area (TPSA) is 84.1 Å². The summed E-state index contributed by atoms with van der Waals surface area (Å²) in [6.45, 7) is 2.27. The normalized spacial score (nSPS) is 10.7. The molecule has 2 rings (SSSR count). The van der Waals surface area contributed by atoms with Crippen LogP contribution in [0.1, 0.15) is 23.0 Å². The first-order valence-electron chi connectivity index (χ1n) is 6.03. The van der Waals surface area contributed by atoms with Crippen LogP contribution < -0.4 is 10.2 Å². The van der Waals surface area contributed by atoms with Crippen LogP contribution in [0.4, 0.5) is 0 Å². The zero-order valence-electron chi connectivity index (χ0n) is 10.9. The number of phenols is 1. The maximum Gasteiger partial charge on any atom is 0.307 e. The Morgan fingerprint density at radius 2 is 2.35 bits per heavy atom. The van der Waals surface area contributed by atoms with Crippen molar-refractivity contribution in [3.8, 4) is 11.5 Å². The van der Waals surface area contributed by atoms with E-state index in [1.807, 2.05) is 6.92 Å². The molecule has 1 aromatic heterocycles. The molecule has 0 saturated heterocycles. The Bertz CT molecular complexity index is 606. The van der Waals surface area contributed by atoms with Crippen LogP contribution in [0.5, 0.6) is 11.5 Å². The molecule has 0 aliphatic rings. The van der Waals surface area contributed by atoms with Gasteiger partial charge in [0.25, 0.3) is 0 Å². The fourth-order valence-electron chi connectivity index (χ4n) is 1.51. The second kappa shape index (κ2) is 6.42. The molecule has 104 valence electrons. The maximum atomic E-state index is 11.5. The van der Waals surface area contributed by atoms with Gasteiger partial charge in [-0.3, -0.25) is 4.79 Å². The van der Waals surface area contributed by atoms with E-state index in [4.69, 9.17) is 9.15 Å². The number of carbonyl (C=O) groups is 1. The SMILES string of the molecule is CCOc1cc(/C=N\NC(=O)c2ccco2)ccc1O. The largest absolute Gasteiger partial charge is 0.504 e. The molecule has 6 nitrogen and oxygen atoms in total. The van der Waals surface area contributed by atoms with Gasteiger partial charge in [-0.25, -0.2) is 5.43 Å². The third kappa shape index (κ3) is 3.38. The summed E-state index contributed by atoms with van der Waals surface area (Å²) in [6, 6.07) is 7.94. The van der Waals surface area contributed by atoms with Crippen LogP contribution in [0.2, 0.25) is 0 Å². The van der Waals surface area contributed by atoms with Crippen LogP contribution in [0, 0.1) is 0 Å². The Hall–Kier alpha value is -2.76. The van der Waals surface area contributed by atoms with Gasteiger partial charge in [0.15, 0.2) is 17.3 Å². The smallest absolute Gasteiger partial charge is 0.307 e. The van der Waals surface area contributed by atoms with Crippen molar-refractivity contribution >= 4 is 12.1 Å². The van der Waals surface area contributed by atoms with Crippen LogP contribution >= 0.6 is 0 Å². The Morgan fingerprint density at radius 3 is 3.05 bits per heavy atom. The molecular formula is C14H14N2O4. The number of phenolic OH excluding ortho intramolecular Hbond substituents is 1. The van der Waals surface area contributed by atoms with Crippen molar-refractivity contribution in [3.05, 3.63) is 47.9 Å². The summed E-state index contributed by atoms with van der Waals surface area (Å²) < 4.78 is 10.2. The van der Waals surface area contributed by atoms with Crippen molar-refractivity contribution in [1.82, 2.24) is 5.43 Å². The molecule has 0 spiro atoms. The molecule has 20 heavy (non-hydrogen) atoms. The first-order chi connectivity index (χ1) is 9.70. The highest BCUT2D eigenvalue weighted by Crippen LogP contribution is 2.26. The molecule has 0 fully saturated rings. The van der Waals surface area contributed by atoms with Crippen molar-refractivity contribution in [2.75, 3.05) is 6.61 Å². The predicted molar refractivity (Wildman–Crippen MR) is 73.0 cm³/mol. The number of hydrazone groups is 1. The molecule has 1 heterocycles. The molecule has 0 aliphatic carbocycles. The Balaban J connectivity index is 2.01. The van der Waals surface area contributed by atoms with Crippen LogP contribution in [0.3, 0.4) is 0 Å². The lowest BCUT2D eigenvalue weighted by molar-refractivity contribution is 0.0927. The molecule has 0 bridgehead atoms. The molecule has 1 aromatic carbocycles. The summed E-state index contributed by atoms with van der Waals surface area (Å²) in [6.07, 6.45) is 2.86. The minimum absolute atomic E-state index is 0.0589. The number of furan rings is 1. The van der Waals surface area contributed by atoms with E-state index in [0.29, 0.717) is 17.9 Å². The summed E-state index contributed by atoms with van der Waals surface area (Å²) in [5.74, 6) is 0.176. The number of rotatable bonds is 5. The van der Waals surface area contributed by atoms with Crippen molar-refractivity contribution in [2.45, 2.75) is 6.92 Å². The summed E-state index contributed by atoms with van der Waals surface area (Å²) >= 11 is 0. The minimum atomic E-state index is -0.435. The second-order valence-electron chi connectivity index (χ2n) is 3.84.